The molecule has 0 unspecified atom stereocenters. The monoisotopic (exact) mass is 659 g/mol. The van der Waals surface area contributed by atoms with Crippen LogP contribution >= 0.6 is 0 Å². The maximum Gasteiger partial charge on any atom is 0.183 e. The summed E-state index contributed by atoms with van der Waals surface area (Å²) in [7, 11) is -1.02. The van der Waals surface area contributed by atoms with Crippen molar-refractivity contribution >= 4 is 44.2 Å². The van der Waals surface area contributed by atoms with E-state index in [2.05, 4.69) is 25.8 Å². The number of anilines is 4. The number of hydrogen-bond acceptors (Lipinski definition) is 14. The number of rotatable bonds is 19. The number of nitrogens with two attached hydrogens (primary N) is 1. The number of ether oxygens (including phenoxy) is 3. The van der Waals surface area contributed by atoms with Gasteiger partial charge in [-0.1, -0.05) is 18.2 Å². The van der Waals surface area contributed by atoms with Crippen molar-refractivity contribution in [2.24, 2.45) is 10.2 Å². The molecule has 14 nitrogen and oxygen atoms in total. The molecule has 0 atom stereocenters. The number of aromatic nitrogens is 1. The third-order valence-electron chi connectivity index (χ3n) is 7.10. The highest BCUT2D eigenvalue weighted by atomic mass is 32.2. The van der Waals surface area contributed by atoms with Crippen molar-refractivity contribution < 1.29 is 32.8 Å². The second-order valence-electron chi connectivity index (χ2n) is 10.5. The molecule has 0 saturated carbocycles. The van der Waals surface area contributed by atoms with Gasteiger partial charge in [0.1, 0.15) is 27.8 Å². The maximum absolute atomic E-state index is 13.4. The van der Waals surface area contributed by atoms with Gasteiger partial charge in [0.15, 0.2) is 21.5 Å². The Kier molecular flexibility index (Phi) is 14.0. The second kappa shape index (κ2) is 17.6. The van der Waals surface area contributed by atoms with Crippen LogP contribution < -0.4 is 25.8 Å². The largest absolute Gasteiger partial charge is 0.495 e. The molecule has 0 amide bonds. The standard InChI is InChI=1S/C31H45N7O7S/c1-21(2)38(12-14-39)13-18-46(41,42)27-20-25(43-4)24(19-26(27)44-5)36-37-29-22(3)28(32)30(34-23-9-7-6-8-10-23)35-31(29)33-11-16-45-17-15-40/h6-10,19-21,39-40H,11-18,32H2,1-5H3,(H2,33,34,35)/b37-36+. The van der Waals surface area contributed by atoms with E-state index in [0.29, 0.717) is 48.3 Å². The third-order valence-corrected chi connectivity index (χ3v) is 8.81. The summed E-state index contributed by atoms with van der Waals surface area (Å²) in [6, 6.07) is 12.3. The first kappa shape index (κ1) is 36.4. The molecular formula is C31H45N7O7S. The minimum absolute atomic E-state index is 0.0397. The van der Waals surface area contributed by atoms with Crippen molar-refractivity contribution in [2.45, 2.75) is 31.7 Å². The van der Waals surface area contributed by atoms with Crippen LogP contribution in [0.4, 0.5) is 34.4 Å². The van der Waals surface area contributed by atoms with Crippen molar-refractivity contribution in [3.05, 3.63) is 48.0 Å². The smallest absolute Gasteiger partial charge is 0.183 e. The molecular weight excluding hydrogens is 614 g/mol. The zero-order valence-electron chi connectivity index (χ0n) is 27.0. The lowest BCUT2D eigenvalue weighted by Gasteiger charge is -2.25. The fourth-order valence-corrected chi connectivity index (χ4v) is 5.93. The average molecular weight is 660 g/mol. The number of nitrogen functional groups attached to an aromatic ring is 1. The van der Waals surface area contributed by atoms with Gasteiger partial charge in [-0.15, -0.1) is 10.2 Å². The Labute approximate surface area is 270 Å². The Morgan fingerprint density at radius 1 is 0.978 bits per heavy atom. The van der Waals surface area contributed by atoms with Crippen LogP contribution in [-0.4, -0.2) is 101 Å². The summed E-state index contributed by atoms with van der Waals surface area (Å²) in [5.41, 5.74) is 8.82. The zero-order valence-corrected chi connectivity index (χ0v) is 27.8. The van der Waals surface area contributed by atoms with Gasteiger partial charge in [0, 0.05) is 49.1 Å². The van der Waals surface area contributed by atoms with Crippen LogP contribution in [-0.2, 0) is 14.6 Å². The molecule has 0 spiro atoms. The van der Waals surface area contributed by atoms with Gasteiger partial charge >= 0.3 is 0 Å². The van der Waals surface area contributed by atoms with Crippen LogP contribution in [0.2, 0.25) is 0 Å². The van der Waals surface area contributed by atoms with E-state index in [-0.39, 0.29) is 60.2 Å². The van der Waals surface area contributed by atoms with Gasteiger partial charge in [0.2, 0.25) is 0 Å². The highest BCUT2D eigenvalue weighted by molar-refractivity contribution is 7.91. The predicted octanol–water partition coefficient (Wildman–Crippen LogP) is 4.05. The molecule has 3 aromatic rings. The van der Waals surface area contributed by atoms with E-state index in [1.54, 1.807) is 6.92 Å². The molecule has 0 aliphatic heterocycles. The van der Waals surface area contributed by atoms with E-state index in [1.165, 1.54) is 26.4 Å². The van der Waals surface area contributed by atoms with Crippen molar-refractivity contribution in [1.29, 1.82) is 0 Å². The van der Waals surface area contributed by atoms with Gasteiger partial charge in [-0.2, -0.15) is 0 Å². The minimum atomic E-state index is -3.80. The number of hydrogen-bond donors (Lipinski definition) is 5. The molecule has 1 heterocycles. The van der Waals surface area contributed by atoms with Crippen molar-refractivity contribution in [3.8, 4) is 11.5 Å². The lowest BCUT2D eigenvalue weighted by molar-refractivity contribution is 0.0992. The molecule has 2 aromatic carbocycles. The van der Waals surface area contributed by atoms with E-state index in [1.807, 2.05) is 49.1 Å². The summed E-state index contributed by atoms with van der Waals surface area (Å²) in [6.07, 6.45) is 0. The van der Waals surface area contributed by atoms with E-state index >= 15 is 0 Å². The first-order valence-electron chi connectivity index (χ1n) is 14.9. The first-order valence-corrected chi connectivity index (χ1v) is 16.5. The summed E-state index contributed by atoms with van der Waals surface area (Å²) in [6.45, 7) is 6.98. The summed E-state index contributed by atoms with van der Waals surface area (Å²) in [4.78, 5) is 6.53. The maximum atomic E-state index is 13.4. The molecule has 0 fully saturated rings. The van der Waals surface area contributed by atoms with E-state index < -0.39 is 9.84 Å². The molecule has 15 heteroatoms. The molecule has 0 aliphatic carbocycles. The summed E-state index contributed by atoms with van der Waals surface area (Å²) in [5, 5.41) is 33.7. The van der Waals surface area contributed by atoms with Gasteiger partial charge < -0.3 is 40.8 Å². The lowest BCUT2D eigenvalue weighted by Crippen LogP contribution is -2.37. The van der Waals surface area contributed by atoms with Crippen LogP contribution in [0.1, 0.15) is 19.4 Å². The summed E-state index contributed by atoms with van der Waals surface area (Å²) < 4.78 is 43.2. The van der Waals surface area contributed by atoms with Gasteiger partial charge in [0.25, 0.3) is 0 Å². The fraction of sp³-hybridized carbons (Fsp3) is 0.452. The number of methoxy groups -OCH3 is 2. The molecule has 0 aliphatic rings. The van der Waals surface area contributed by atoms with Crippen LogP contribution in [0.5, 0.6) is 11.5 Å². The number of nitrogens with zero attached hydrogens (tertiary/aromatic N) is 4. The molecule has 3 rings (SSSR count). The Balaban J connectivity index is 1.99. The molecule has 0 bridgehead atoms. The summed E-state index contributed by atoms with van der Waals surface area (Å²) >= 11 is 0. The van der Waals surface area contributed by atoms with Crippen LogP contribution in [0.3, 0.4) is 0 Å². The zero-order chi connectivity index (χ0) is 33.7. The Morgan fingerprint density at radius 3 is 2.33 bits per heavy atom. The minimum Gasteiger partial charge on any atom is -0.495 e. The third kappa shape index (κ3) is 9.74. The molecule has 0 saturated heterocycles. The van der Waals surface area contributed by atoms with E-state index in [0.717, 1.165) is 5.69 Å². The number of sulfone groups is 1. The quantitative estimate of drug-likeness (QED) is 0.0917. The van der Waals surface area contributed by atoms with Crippen LogP contribution in [0, 0.1) is 6.92 Å². The highest BCUT2D eigenvalue weighted by Gasteiger charge is 2.25. The first-order chi connectivity index (χ1) is 22.1. The molecule has 1 aromatic heterocycles. The van der Waals surface area contributed by atoms with Crippen LogP contribution in [0.15, 0.2) is 57.6 Å². The van der Waals surface area contributed by atoms with Crippen molar-refractivity contribution in [2.75, 3.05) is 82.4 Å². The van der Waals surface area contributed by atoms with Gasteiger partial charge in [-0.25, -0.2) is 13.4 Å². The van der Waals surface area contributed by atoms with Gasteiger partial charge in [-0.05, 0) is 32.9 Å². The molecule has 252 valence electrons. The second-order valence-corrected chi connectivity index (χ2v) is 12.6. The number of benzene rings is 2. The molecule has 6 N–H and O–H groups in total. The van der Waals surface area contributed by atoms with Crippen molar-refractivity contribution in [1.82, 2.24) is 9.88 Å². The van der Waals surface area contributed by atoms with Gasteiger partial charge in [0.05, 0.1) is 52.1 Å². The normalized spacial score (nSPS) is 11.8. The Morgan fingerprint density at radius 2 is 1.70 bits per heavy atom. The number of aliphatic hydroxyl groups is 2. The number of azo groups is 1. The lowest BCUT2D eigenvalue weighted by atomic mass is 10.2. The summed E-state index contributed by atoms with van der Waals surface area (Å²) in [5.74, 6) is 0.876. The Bertz CT molecular complexity index is 1550. The number of aliphatic hydroxyl groups excluding tert-OH is 2. The average Bonchev–Trinajstić information content (AvgIpc) is 3.04. The van der Waals surface area contributed by atoms with Crippen molar-refractivity contribution in [3.63, 3.8) is 0 Å². The predicted molar refractivity (Wildman–Crippen MR) is 179 cm³/mol. The molecule has 46 heavy (non-hydrogen) atoms. The SMILES string of the molecule is COc1cc(S(=O)(=O)CCN(CCO)C(C)C)c(OC)cc1/N=N/c1c(NCCOCCO)nc(Nc2ccccc2)c(N)c1C. The van der Waals surface area contributed by atoms with Gasteiger partial charge in [-0.3, -0.25) is 4.90 Å². The van der Waals surface area contributed by atoms with E-state index in [4.69, 9.17) is 25.1 Å². The number of nitrogens with one attached hydrogen (secondary N) is 2. The molecule has 0 radical (unpaired) electrons. The fourth-order valence-electron chi connectivity index (χ4n) is 4.50. The number of pyridine rings is 1. The number of para-hydroxylation sites is 1. The Hall–Kier alpha value is -4.02. The topological polar surface area (TPSA) is 193 Å². The van der Waals surface area contributed by atoms with E-state index in [9.17, 15) is 13.5 Å². The highest BCUT2D eigenvalue weighted by Crippen LogP contribution is 2.41. The van der Waals surface area contributed by atoms with Crippen LogP contribution in [0.25, 0.3) is 0 Å².